The van der Waals surface area contributed by atoms with E-state index in [4.69, 9.17) is 21.4 Å². The Bertz CT molecular complexity index is 581. The quantitative estimate of drug-likeness (QED) is 0.862. The summed E-state index contributed by atoms with van der Waals surface area (Å²) in [6.07, 6.45) is 1.48. The summed E-state index contributed by atoms with van der Waals surface area (Å²) in [5, 5.41) is 8.94. The number of ether oxygens (including phenoxy) is 1. The van der Waals surface area contributed by atoms with Crippen LogP contribution in [0.2, 0.25) is 0 Å². The summed E-state index contributed by atoms with van der Waals surface area (Å²) in [6, 6.07) is 10.1. The second-order valence-electron chi connectivity index (χ2n) is 3.95. The minimum absolute atomic E-state index is 0.0253. The van der Waals surface area contributed by atoms with E-state index < -0.39 is 5.97 Å². The Kier molecular flexibility index (Phi) is 4.02. The highest BCUT2D eigenvalue weighted by Gasteiger charge is 2.12. The predicted molar refractivity (Wildman–Crippen MR) is 72.0 cm³/mol. The van der Waals surface area contributed by atoms with Crippen molar-refractivity contribution in [2.75, 3.05) is 0 Å². The van der Waals surface area contributed by atoms with Crippen LogP contribution in [0, 0.1) is 0 Å². The Labute approximate surface area is 115 Å². The maximum atomic E-state index is 11.0. The lowest BCUT2D eigenvalue weighted by Gasteiger charge is -2.08. The zero-order chi connectivity index (χ0) is 13.8. The Morgan fingerprint density at radius 1 is 1.32 bits per heavy atom. The summed E-state index contributed by atoms with van der Waals surface area (Å²) in [5.74, 6) is -0.488. The van der Waals surface area contributed by atoms with Crippen LogP contribution in [0.15, 0.2) is 42.6 Å². The molecule has 4 nitrogen and oxygen atoms in total. The van der Waals surface area contributed by atoms with Crippen molar-refractivity contribution in [1.29, 1.82) is 0 Å². The van der Waals surface area contributed by atoms with E-state index in [1.807, 2.05) is 19.1 Å². The number of hydrogen-bond acceptors (Lipinski definition) is 3. The van der Waals surface area contributed by atoms with Crippen molar-refractivity contribution in [3.8, 4) is 11.6 Å². The van der Waals surface area contributed by atoms with Crippen molar-refractivity contribution in [3.05, 3.63) is 53.7 Å². The molecular weight excluding hydrogens is 266 g/mol. The maximum absolute atomic E-state index is 11.0. The van der Waals surface area contributed by atoms with Gasteiger partial charge in [-0.2, -0.15) is 0 Å². The lowest BCUT2D eigenvalue weighted by atomic mass is 10.1. The molecule has 0 spiro atoms. The number of aromatic carboxylic acids is 1. The van der Waals surface area contributed by atoms with Crippen molar-refractivity contribution in [2.45, 2.75) is 12.3 Å². The van der Waals surface area contributed by atoms with E-state index in [9.17, 15) is 4.79 Å². The molecule has 1 unspecified atom stereocenters. The molecule has 0 bridgehead atoms. The van der Waals surface area contributed by atoms with Crippen molar-refractivity contribution in [2.24, 2.45) is 0 Å². The average Bonchev–Trinajstić information content (AvgIpc) is 2.39. The van der Waals surface area contributed by atoms with Gasteiger partial charge in [-0.3, -0.25) is 0 Å². The number of carboxylic acid groups (broad SMARTS) is 1. The second kappa shape index (κ2) is 5.71. The maximum Gasteiger partial charge on any atom is 0.341 e. The van der Waals surface area contributed by atoms with Gasteiger partial charge < -0.3 is 9.84 Å². The van der Waals surface area contributed by atoms with Gasteiger partial charge in [-0.15, -0.1) is 11.6 Å². The SMILES string of the molecule is CC(Cl)c1ccc(Oc2ncccc2C(=O)O)cc1. The highest BCUT2D eigenvalue weighted by Crippen LogP contribution is 2.26. The van der Waals surface area contributed by atoms with Gasteiger partial charge in [-0.1, -0.05) is 12.1 Å². The van der Waals surface area contributed by atoms with Gasteiger partial charge in [0.15, 0.2) is 0 Å². The van der Waals surface area contributed by atoms with Crippen LogP contribution in [0.3, 0.4) is 0 Å². The molecule has 0 aliphatic heterocycles. The third-order valence-corrected chi connectivity index (χ3v) is 2.81. The first-order chi connectivity index (χ1) is 9.08. The van der Waals surface area contributed by atoms with Crippen LogP contribution in [0.4, 0.5) is 0 Å². The Morgan fingerprint density at radius 3 is 2.58 bits per heavy atom. The van der Waals surface area contributed by atoms with E-state index >= 15 is 0 Å². The zero-order valence-electron chi connectivity index (χ0n) is 10.2. The van der Waals surface area contributed by atoms with Crippen LogP contribution in [-0.4, -0.2) is 16.1 Å². The summed E-state index contributed by atoms with van der Waals surface area (Å²) in [5.41, 5.74) is 0.991. The predicted octanol–water partition coefficient (Wildman–Crippen LogP) is 3.87. The number of benzene rings is 1. The molecule has 0 fully saturated rings. The fraction of sp³-hybridized carbons (Fsp3) is 0.143. The monoisotopic (exact) mass is 277 g/mol. The first-order valence-electron chi connectivity index (χ1n) is 5.68. The standard InChI is InChI=1S/C14H12ClNO3/c1-9(15)10-4-6-11(7-5-10)19-13-12(14(17)18)3-2-8-16-13/h2-9H,1H3,(H,17,18). The van der Waals surface area contributed by atoms with Gasteiger partial charge in [0, 0.05) is 6.20 Å². The molecule has 0 saturated heterocycles. The number of hydrogen-bond donors (Lipinski definition) is 1. The van der Waals surface area contributed by atoms with Gasteiger partial charge in [0.05, 0.1) is 5.38 Å². The normalized spacial score (nSPS) is 11.9. The molecular formula is C14H12ClNO3. The van der Waals surface area contributed by atoms with E-state index in [-0.39, 0.29) is 16.8 Å². The minimum atomic E-state index is -1.07. The van der Waals surface area contributed by atoms with Gasteiger partial charge in [0.2, 0.25) is 5.88 Å². The van der Waals surface area contributed by atoms with Gasteiger partial charge >= 0.3 is 5.97 Å². The summed E-state index contributed by atoms with van der Waals surface area (Å²) in [7, 11) is 0. The fourth-order valence-corrected chi connectivity index (χ4v) is 1.69. The molecule has 1 N–H and O–H groups in total. The first kappa shape index (κ1) is 13.4. The average molecular weight is 278 g/mol. The van der Waals surface area contributed by atoms with E-state index in [1.54, 1.807) is 18.2 Å². The highest BCUT2D eigenvalue weighted by molar-refractivity contribution is 6.20. The highest BCUT2D eigenvalue weighted by atomic mass is 35.5. The zero-order valence-corrected chi connectivity index (χ0v) is 11.0. The minimum Gasteiger partial charge on any atom is -0.477 e. The van der Waals surface area contributed by atoms with Crippen LogP contribution in [0.5, 0.6) is 11.6 Å². The smallest absolute Gasteiger partial charge is 0.341 e. The number of pyridine rings is 1. The number of halogens is 1. The summed E-state index contributed by atoms with van der Waals surface area (Å²) < 4.78 is 5.47. The number of rotatable bonds is 4. The molecule has 98 valence electrons. The van der Waals surface area contributed by atoms with Crippen molar-refractivity contribution in [1.82, 2.24) is 4.98 Å². The molecule has 0 saturated carbocycles. The molecule has 0 amide bonds. The van der Waals surface area contributed by atoms with Crippen molar-refractivity contribution < 1.29 is 14.6 Å². The molecule has 1 heterocycles. The third-order valence-electron chi connectivity index (χ3n) is 2.56. The second-order valence-corrected chi connectivity index (χ2v) is 4.60. The van der Waals surface area contributed by atoms with Crippen LogP contribution < -0.4 is 4.74 Å². The van der Waals surface area contributed by atoms with Gasteiger partial charge in [-0.05, 0) is 36.8 Å². The molecule has 2 aromatic rings. The topological polar surface area (TPSA) is 59.4 Å². The van der Waals surface area contributed by atoms with E-state index in [2.05, 4.69) is 4.98 Å². The Hall–Kier alpha value is -2.07. The Morgan fingerprint density at radius 2 is 2.00 bits per heavy atom. The molecule has 2 rings (SSSR count). The summed E-state index contributed by atoms with van der Waals surface area (Å²) >= 11 is 5.95. The Balaban J connectivity index is 2.24. The lowest BCUT2D eigenvalue weighted by Crippen LogP contribution is -2.01. The molecule has 19 heavy (non-hydrogen) atoms. The molecule has 0 radical (unpaired) electrons. The van der Waals surface area contributed by atoms with E-state index in [0.717, 1.165) is 5.56 Å². The molecule has 0 aliphatic carbocycles. The molecule has 1 atom stereocenters. The third kappa shape index (κ3) is 3.23. The lowest BCUT2D eigenvalue weighted by molar-refractivity contribution is 0.0693. The number of alkyl halides is 1. The molecule has 1 aromatic heterocycles. The van der Waals surface area contributed by atoms with Gasteiger partial charge in [0.25, 0.3) is 0 Å². The number of aromatic nitrogens is 1. The van der Waals surface area contributed by atoms with Crippen molar-refractivity contribution in [3.63, 3.8) is 0 Å². The van der Waals surface area contributed by atoms with Gasteiger partial charge in [-0.25, -0.2) is 9.78 Å². The van der Waals surface area contributed by atoms with Crippen LogP contribution in [0.25, 0.3) is 0 Å². The first-order valence-corrected chi connectivity index (χ1v) is 6.12. The van der Waals surface area contributed by atoms with Crippen molar-refractivity contribution >= 4 is 17.6 Å². The van der Waals surface area contributed by atoms with Crippen LogP contribution in [0.1, 0.15) is 28.2 Å². The summed E-state index contributed by atoms with van der Waals surface area (Å²) in [4.78, 5) is 14.9. The summed E-state index contributed by atoms with van der Waals surface area (Å²) in [6.45, 7) is 1.87. The fourth-order valence-electron chi connectivity index (χ4n) is 1.55. The molecule has 1 aromatic carbocycles. The van der Waals surface area contributed by atoms with Gasteiger partial charge in [0.1, 0.15) is 11.3 Å². The molecule has 5 heteroatoms. The largest absolute Gasteiger partial charge is 0.477 e. The number of nitrogens with zero attached hydrogens (tertiary/aromatic N) is 1. The molecule has 0 aliphatic rings. The van der Waals surface area contributed by atoms with Crippen LogP contribution >= 0.6 is 11.6 Å². The van der Waals surface area contributed by atoms with E-state index in [1.165, 1.54) is 12.3 Å². The van der Waals surface area contributed by atoms with Crippen LogP contribution in [-0.2, 0) is 0 Å². The van der Waals surface area contributed by atoms with E-state index in [0.29, 0.717) is 5.75 Å². The number of carboxylic acids is 1. The number of carbonyl (C=O) groups is 1.